The predicted octanol–water partition coefficient (Wildman–Crippen LogP) is 14.0. The van der Waals surface area contributed by atoms with Gasteiger partial charge in [-0.2, -0.15) is 0 Å². The number of benzene rings is 6. The van der Waals surface area contributed by atoms with Crippen molar-refractivity contribution in [3.05, 3.63) is 137 Å². The van der Waals surface area contributed by atoms with Crippen LogP contribution in [0.25, 0.3) is 22.1 Å². The molecule has 0 unspecified atom stereocenters. The number of rotatable bonds is 4. The summed E-state index contributed by atoms with van der Waals surface area (Å²) in [4.78, 5) is 5.12. The lowest BCUT2D eigenvalue weighted by Gasteiger charge is -2.44. The van der Waals surface area contributed by atoms with E-state index in [4.69, 9.17) is 13.9 Å². The summed E-state index contributed by atoms with van der Waals surface area (Å²) in [7, 11) is 0. The van der Waals surface area contributed by atoms with Crippen molar-refractivity contribution in [1.82, 2.24) is 0 Å². The fourth-order valence-electron chi connectivity index (χ4n) is 10.2. The summed E-state index contributed by atoms with van der Waals surface area (Å²) >= 11 is 0. The van der Waals surface area contributed by atoms with Crippen LogP contribution < -0.4 is 35.9 Å². The van der Waals surface area contributed by atoms with Gasteiger partial charge in [-0.15, -0.1) is 0 Å². The maximum atomic E-state index is 7.38. The first-order chi connectivity index (χ1) is 30.3. The molecule has 0 atom stereocenters. The topological polar surface area (TPSA) is 38.1 Å². The van der Waals surface area contributed by atoms with Crippen molar-refractivity contribution in [2.45, 2.75) is 119 Å². The van der Waals surface area contributed by atoms with Gasteiger partial charge in [0.05, 0.1) is 35.9 Å². The molecule has 1 aromatic heterocycles. The molecule has 0 saturated heterocycles. The first-order valence-electron chi connectivity index (χ1n) is 23.4. The highest BCUT2D eigenvalue weighted by molar-refractivity contribution is 7.00. The number of aryl methyl sites for hydroxylation is 2. The number of nitrogens with zero attached hydrogens (tertiary/aromatic N) is 2. The van der Waals surface area contributed by atoms with Gasteiger partial charge < -0.3 is 23.7 Å². The van der Waals surface area contributed by atoms with Gasteiger partial charge in [-0.05, 0) is 128 Å². The van der Waals surface area contributed by atoms with Gasteiger partial charge >= 0.3 is 0 Å². The van der Waals surface area contributed by atoms with Crippen LogP contribution in [-0.2, 0) is 16.2 Å². The second-order valence-electron chi connectivity index (χ2n) is 22.0. The lowest BCUT2D eigenvalue weighted by atomic mass is 9.35. The van der Waals surface area contributed by atoms with E-state index in [0.29, 0.717) is 13.2 Å². The van der Waals surface area contributed by atoms with E-state index < -0.39 is 0 Å². The molecule has 3 aliphatic heterocycles. The van der Waals surface area contributed by atoms with E-state index in [1.54, 1.807) is 0 Å². The Morgan fingerprint density at radius 1 is 0.562 bits per heavy atom. The van der Waals surface area contributed by atoms with E-state index in [1.807, 2.05) is 0 Å². The Labute approximate surface area is 381 Å². The van der Waals surface area contributed by atoms with Gasteiger partial charge in [0.1, 0.15) is 5.58 Å². The second kappa shape index (κ2) is 14.8. The molecule has 0 saturated carbocycles. The number of hydrogen-bond acceptors (Lipinski definition) is 5. The van der Waals surface area contributed by atoms with Crippen LogP contribution in [0.3, 0.4) is 0 Å². The van der Waals surface area contributed by atoms with Gasteiger partial charge in [0, 0.05) is 40.5 Å². The van der Waals surface area contributed by atoms with Crippen LogP contribution in [0.5, 0.6) is 11.5 Å². The zero-order valence-corrected chi connectivity index (χ0v) is 40.2. The van der Waals surface area contributed by atoms with E-state index in [1.165, 1.54) is 61.3 Å². The Morgan fingerprint density at radius 3 is 1.78 bits per heavy atom. The average molecular weight is 847 g/mol. The third-order valence-electron chi connectivity index (χ3n) is 13.9. The molecule has 0 aliphatic carbocycles. The lowest BCUT2D eigenvalue weighted by molar-refractivity contribution is 0.297. The van der Waals surface area contributed by atoms with E-state index >= 15 is 0 Å². The lowest BCUT2D eigenvalue weighted by Crippen LogP contribution is -2.61. The molecule has 0 radical (unpaired) electrons. The smallest absolute Gasteiger partial charge is 0.297 e. The Balaban J connectivity index is 1.37. The van der Waals surface area contributed by atoms with Crippen molar-refractivity contribution < 1.29 is 13.9 Å². The van der Waals surface area contributed by atoms with Crippen LogP contribution >= 0.6 is 0 Å². The Kier molecular flexibility index (Phi) is 9.76. The molecule has 6 aromatic carbocycles. The highest BCUT2D eigenvalue weighted by atomic mass is 16.5. The van der Waals surface area contributed by atoms with E-state index in [9.17, 15) is 0 Å². The van der Waals surface area contributed by atoms with Crippen LogP contribution in [0.15, 0.2) is 108 Å². The fraction of sp³-hybridized carbons (Fsp3) is 0.345. The first kappa shape index (κ1) is 42.1. The number of hydrogen-bond donors (Lipinski definition) is 0. The van der Waals surface area contributed by atoms with E-state index in [-0.39, 0.29) is 28.9 Å². The van der Waals surface area contributed by atoms with Crippen LogP contribution in [-0.4, -0.2) is 19.9 Å². The number of anilines is 6. The molecule has 0 spiro atoms. The van der Waals surface area contributed by atoms with Crippen molar-refractivity contribution in [1.29, 1.82) is 0 Å². The zero-order valence-electron chi connectivity index (χ0n) is 40.2. The molecule has 6 heteroatoms. The summed E-state index contributed by atoms with van der Waals surface area (Å²) < 4.78 is 20.5. The molecular formula is C58H63BN2O3. The minimum absolute atomic E-state index is 0.000109. The molecule has 5 nitrogen and oxygen atoms in total. The normalized spacial score (nSPS) is 14.8. The van der Waals surface area contributed by atoms with Crippen molar-refractivity contribution >= 4 is 68.4 Å². The van der Waals surface area contributed by atoms with Gasteiger partial charge in [-0.25, -0.2) is 0 Å². The van der Waals surface area contributed by atoms with E-state index in [0.717, 1.165) is 62.8 Å². The van der Waals surface area contributed by atoms with Crippen LogP contribution in [0.4, 0.5) is 34.1 Å². The number of furan rings is 1. The molecule has 0 fully saturated rings. The predicted molar refractivity (Wildman–Crippen MR) is 271 cm³/mol. The van der Waals surface area contributed by atoms with Crippen molar-refractivity contribution in [3.63, 3.8) is 0 Å². The molecular weight excluding hydrogens is 783 g/mol. The summed E-state index contributed by atoms with van der Waals surface area (Å²) in [5.41, 5.74) is 21.0. The van der Waals surface area contributed by atoms with Gasteiger partial charge in [0.2, 0.25) is 0 Å². The minimum atomic E-state index is -0.227. The van der Waals surface area contributed by atoms with Crippen LogP contribution in [0.1, 0.15) is 122 Å². The number of ether oxygens (including phenoxy) is 2. The third-order valence-corrected chi connectivity index (χ3v) is 13.9. The third kappa shape index (κ3) is 6.82. The van der Waals surface area contributed by atoms with Crippen molar-refractivity contribution in [2.75, 3.05) is 23.0 Å². The van der Waals surface area contributed by atoms with Gasteiger partial charge in [-0.1, -0.05) is 131 Å². The maximum absolute atomic E-state index is 7.38. The molecule has 7 aromatic rings. The summed E-state index contributed by atoms with van der Waals surface area (Å²) in [6.07, 6.45) is 0.826. The zero-order chi connectivity index (χ0) is 45.2. The molecule has 4 heterocycles. The maximum Gasteiger partial charge on any atom is 0.297 e. The molecule has 3 aliphatic rings. The second-order valence-corrected chi connectivity index (χ2v) is 22.0. The summed E-state index contributed by atoms with van der Waals surface area (Å²) in [6, 6.07) is 39.1. The molecule has 0 amide bonds. The SMILES string of the molecule is Cc1cc(C(C)(C)C)cc(C)c1N1c2cc(C(C)C)cc3c2B(c2cc4c(cc2N3c2ccc(C(C)(C)C)cc2-c2ccccc2)OCCCO4)c2oc3ccc(C(C)(C)C)cc3c21. The van der Waals surface area contributed by atoms with Gasteiger partial charge in [-0.3, -0.25) is 0 Å². The minimum Gasteiger partial charge on any atom is -0.490 e. The molecule has 10 rings (SSSR count). The number of fused-ring (bicyclic) bond motifs is 7. The molecule has 64 heavy (non-hydrogen) atoms. The standard InChI is InChI=1S/C58H63BN2O3/c1-34(2)38-28-47-52-48(29-38)61(53-35(3)26-41(27-36(53)4)58(11,12)13)54-43-31-40(57(8,9)10)21-23-49(43)64-55(54)59(52)44-32-50-51(63-25-17-24-62-50)33-46(44)60(47)45-22-20-39(56(5,6)7)30-42(45)37-18-15-14-16-19-37/h14-16,18-23,26-34H,17,24-25H2,1-13H3. The average Bonchev–Trinajstić information content (AvgIpc) is 3.46. The summed E-state index contributed by atoms with van der Waals surface area (Å²) in [5.74, 6) is 1.82. The summed E-state index contributed by atoms with van der Waals surface area (Å²) in [6.45, 7) is 30.9. The molecule has 0 N–H and O–H groups in total. The quantitative estimate of drug-likeness (QED) is 0.165. The first-order valence-corrected chi connectivity index (χ1v) is 23.4. The van der Waals surface area contributed by atoms with Gasteiger partial charge in [0.25, 0.3) is 6.71 Å². The Bertz CT molecular complexity index is 2970. The fourth-order valence-corrected chi connectivity index (χ4v) is 10.2. The monoisotopic (exact) mass is 846 g/mol. The largest absolute Gasteiger partial charge is 0.490 e. The van der Waals surface area contributed by atoms with Crippen LogP contribution in [0, 0.1) is 13.8 Å². The van der Waals surface area contributed by atoms with Gasteiger partial charge in [0.15, 0.2) is 11.5 Å². The molecule has 326 valence electrons. The van der Waals surface area contributed by atoms with Crippen molar-refractivity contribution in [3.8, 4) is 22.6 Å². The summed E-state index contributed by atoms with van der Waals surface area (Å²) in [5, 5.41) is 1.13. The highest BCUT2D eigenvalue weighted by Crippen LogP contribution is 2.52. The molecule has 0 bridgehead atoms. The Hall–Kier alpha value is -5.88. The van der Waals surface area contributed by atoms with Crippen LogP contribution in [0.2, 0.25) is 0 Å². The Morgan fingerprint density at radius 2 is 1.16 bits per heavy atom. The van der Waals surface area contributed by atoms with Crippen molar-refractivity contribution in [2.24, 2.45) is 0 Å². The van der Waals surface area contributed by atoms with E-state index in [2.05, 4.69) is 203 Å². The highest BCUT2D eigenvalue weighted by Gasteiger charge is 2.48.